The van der Waals surface area contributed by atoms with Gasteiger partial charge in [0.1, 0.15) is 5.76 Å². The molecule has 136 valence electrons. The number of thiophene rings is 1. The summed E-state index contributed by atoms with van der Waals surface area (Å²) < 4.78 is 25.6. The van der Waals surface area contributed by atoms with Crippen LogP contribution in [-0.2, 0) is 4.79 Å². The van der Waals surface area contributed by atoms with Crippen molar-refractivity contribution >= 4 is 40.4 Å². The quantitative estimate of drug-likeness (QED) is 0.697. The summed E-state index contributed by atoms with van der Waals surface area (Å²) >= 11 is 6.76. The Bertz CT molecular complexity index is 956. The Morgan fingerprint density at radius 3 is 2.69 bits per heavy atom. The fourth-order valence-electron chi connectivity index (χ4n) is 2.91. The maximum Gasteiger partial charge on any atom is 0.307 e. The molecule has 0 saturated heterocycles. The third-order valence-corrected chi connectivity index (χ3v) is 5.30. The van der Waals surface area contributed by atoms with Gasteiger partial charge in [-0.3, -0.25) is 14.6 Å². The monoisotopic (exact) mass is 399 g/mol. The normalized spacial score (nSPS) is 17.2. The molecule has 2 heterocycles. The molecule has 0 radical (unpaired) electrons. The van der Waals surface area contributed by atoms with Gasteiger partial charge in [0.25, 0.3) is 6.43 Å². The molecule has 0 saturated carbocycles. The minimum absolute atomic E-state index is 0.00969. The SMILES string of the molecule is CC1=C(CC(=O)O)C2=C(C(=O)c3csc(C(F)F)c3)C(O)=C(Cl)CC2=N1. The molecule has 26 heavy (non-hydrogen) atoms. The molecule has 2 N–H and O–H groups in total. The number of carbonyl (C=O) groups excluding carboxylic acids is 1. The van der Waals surface area contributed by atoms with Gasteiger partial charge >= 0.3 is 5.97 Å². The molecule has 1 aromatic rings. The Hall–Kier alpha value is -2.32. The third-order valence-electron chi connectivity index (χ3n) is 4.05. The summed E-state index contributed by atoms with van der Waals surface area (Å²) in [5, 5.41) is 20.8. The van der Waals surface area contributed by atoms with Gasteiger partial charge in [0.05, 0.1) is 27.6 Å². The summed E-state index contributed by atoms with van der Waals surface area (Å²) in [4.78, 5) is 28.1. The molecule has 1 aliphatic heterocycles. The molecule has 5 nitrogen and oxygen atoms in total. The predicted molar refractivity (Wildman–Crippen MR) is 93.1 cm³/mol. The highest BCUT2D eigenvalue weighted by molar-refractivity contribution is 7.10. The van der Waals surface area contributed by atoms with Gasteiger partial charge in [-0.05, 0) is 18.6 Å². The van der Waals surface area contributed by atoms with E-state index in [1.165, 1.54) is 5.38 Å². The zero-order valence-electron chi connectivity index (χ0n) is 13.3. The number of nitrogens with zero attached hydrogens (tertiary/aromatic N) is 1. The van der Waals surface area contributed by atoms with E-state index < -0.39 is 23.9 Å². The first kappa shape index (κ1) is 18.5. The topological polar surface area (TPSA) is 87.0 Å². The number of allylic oxidation sites excluding steroid dienone is 4. The van der Waals surface area contributed by atoms with Crippen molar-refractivity contribution in [2.45, 2.75) is 26.2 Å². The van der Waals surface area contributed by atoms with Crippen LogP contribution in [0.1, 0.15) is 41.4 Å². The van der Waals surface area contributed by atoms with E-state index in [0.717, 1.165) is 17.4 Å². The van der Waals surface area contributed by atoms with Crippen LogP contribution in [0.5, 0.6) is 0 Å². The van der Waals surface area contributed by atoms with Crippen molar-refractivity contribution in [3.63, 3.8) is 0 Å². The van der Waals surface area contributed by atoms with Crippen molar-refractivity contribution in [3.8, 4) is 0 Å². The van der Waals surface area contributed by atoms with E-state index in [-0.39, 0.29) is 39.5 Å². The molecule has 2 aliphatic rings. The molecular formula is C17H12ClF2NO4S. The van der Waals surface area contributed by atoms with Gasteiger partial charge in [0.15, 0.2) is 5.78 Å². The minimum Gasteiger partial charge on any atom is -0.506 e. The number of alkyl halides is 2. The molecular weight excluding hydrogens is 388 g/mol. The molecule has 0 fully saturated rings. The molecule has 0 aromatic carbocycles. The number of aliphatic carboxylic acids is 1. The Morgan fingerprint density at radius 2 is 2.12 bits per heavy atom. The van der Waals surface area contributed by atoms with E-state index in [9.17, 15) is 23.5 Å². The smallest absolute Gasteiger partial charge is 0.307 e. The van der Waals surface area contributed by atoms with Crippen LogP contribution < -0.4 is 0 Å². The lowest BCUT2D eigenvalue weighted by molar-refractivity contribution is -0.136. The highest BCUT2D eigenvalue weighted by Crippen LogP contribution is 2.41. The lowest BCUT2D eigenvalue weighted by Crippen LogP contribution is -2.19. The van der Waals surface area contributed by atoms with Crippen molar-refractivity contribution in [2.24, 2.45) is 4.99 Å². The standard InChI is InChI=1S/C17H12ClF2NO4S/c1-6-8(3-12(22)23)13-10(21-6)4-9(18)16(25)14(13)15(24)7-2-11(17(19)20)26-5-7/h2,5,17,25H,3-4H2,1H3,(H,22,23). The number of carbonyl (C=O) groups is 2. The fourth-order valence-corrected chi connectivity index (χ4v) is 3.87. The number of Topliss-reactive ketones (excluding diaryl/α,β-unsaturated/α-hetero) is 1. The summed E-state index contributed by atoms with van der Waals surface area (Å²) in [5.74, 6) is -2.30. The van der Waals surface area contributed by atoms with Crippen LogP contribution in [0.25, 0.3) is 0 Å². The van der Waals surface area contributed by atoms with Gasteiger partial charge in [-0.15, -0.1) is 11.3 Å². The van der Waals surface area contributed by atoms with E-state index in [1.54, 1.807) is 6.92 Å². The second-order valence-corrected chi connectivity index (χ2v) is 7.14. The van der Waals surface area contributed by atoms with Crippen LogP contribution in [0.2, 0.25) is 0 Å². The number of carboxylic acids is 1. The molecule has 3 rings (SSSR count). The number of aliphatic hydroxyl groups excluding tert-OH is 1. The van der Waals surface area contributed by atoms with Crippen LogP contribution in [0, 0.1) is 0 Å². The number of rotatable bonds is 5. The Labute approximate surface area is 155 Å². The lowest BCUT2D eigenvalue weighted by Gasteiger charge is -2.19. The van der Waals surface area contributed by atoms with Crippen LogP contribution >= 0.6 is 22.9 Å². The first-order chi connectivity index (χ1) is 12.2. The number of hydrogen-bond acceptors (Lipinski definition) is 5. The van der Waals surface area contributed by atoms with Crippen molar-refractivity contribution < 1.29 is 28.6 Å². The summed E-state index contributed by atoms with van der Waals surface area (Å²) in [6.45, 7) is 1.60. The lowest BCUT2D eigenvalue weighted by atomic mass is 9.85. The highest BCUT2D eigenvalue weighted by Gasteiger charge is 2.36. The summed E-state index contributed by atoms with van der Waals surface area (Å²) in [6, 6.07) is 1.06. The fraction of sp³-hybridized carbons (Fsp3) is 0.235. The number of ketones is 1. The summed E-state index contributed by atoms with van der Waals surface area (Å²) in [6.07, 6.45) is -3.04. The molecule has 0 bridgehead atoms. The summed E-state index contributed by atoms with van der Waals surface area (Å²) in [5.41, 5.74) is 1.10. The second-order valence-electron chi connectivity index (χ2n) is 5.74. The van der Waals surface area contributed by atoms with E-state index in [4.69, 9.17) is 16.7 Å². The number of aliphatic imine (C=N–C) groups is 1. The van der Waals surface area contributed by atoms with Crippen LogP contribution in [0.15, 0.2) is 49.6 Å². The molecule has 0 atom stereocenters. The molecule has 0 unspecified atom stereocenters. The number of hydrogen-bond donors (Lipinski definition) is 2. The Balaban J connectivity index is 2.16. The number of halogens is 3. The molecule has 9 heteroatoms. The third kappa shape index (κ3) is 3.10. The first-order valence-electron chi connectivity index (χ1n) is 7.44. The van der Waals surface area contributed by atoms with Gasteiger partial charge in [-0.25, -0.2) is 8.78 Å². The van der Waals surface area contributed by atoms with Gasteiger partial charge in [-0.2, -0.15) is 0 Å². The second kappa shape index (κ2) is 6.77. The van der Waals surface area contributed by atoms with Crippen LogP contribution in [0.4, 0.5) is 8.78 Å². The molecule has 0 spiro atoms. The number of fused-ring (bicyclic) bond motifs is 1. The van der Waals surface area contributed by atoms with Gasteiger partial charge < -0.3 is 10.2 Å². The average molecular weight is 400 g/mol. The van der Waals surface area contributed by atoms with Crippen molar-refractivity contribution in [3.05, 3.63) is 55.1 Å². The van der Waals surface area contributed by atoms with E-state index >= 15 is 0 Å². The van der Waals surface area contributed by atoms with E-state index in [1.807, 2.05) is 0 Å². The Morgan fingerprint density at radius 1 is 1.42 bits per heavy atom. The largest absolute Gasteiger partial charge is 0.506 e. The van der Waals surface area contributed by atoms with Gasteiger partial charge in [0, 0.05) is 28.6 Å². The summed E-state index contributed by atoms with van der Waals surface area (Å²) in [7, 11) is 0. The average Bonchev–Trinajstić information content (AvgIpc) is 3.14. The van der Waals surface area contributed by atoms with Crippen LogP contribution in [0.3, 0.4) is 0 Å². The number of carboxylic acid groups (broad SMARTS) is 1. The number of aliphatic hydroxyl groups is 1. The van der Waals surface area contributed by atoms with Crippen molar-refractivity contribution in [1.29, 1.82) is 0 Å². The zero-order valence-corrected chi connectivity index (χ0v) is 14.9. The molecule has 1 aliphatic carbocycles. The maximum absolute atomic E-state index is 12.9. The van der Waals surface area contributed by atoms with Gasteiger partial charge in [0.2, 0.25) is 0 Å². The van der Waals surface area contributed by atoms with Crippen molar-refractivity contribution in [1.82, 2.24) is 0 Å². The predicted octanol–water partition coefficient (Wildman–Crippen LogP) is 4.78. The molecule has 1 aromatic heterocycles. The van der Waals surface area contributed by atoms with Gasteiger partial charge in [-0.1, -0.05) is 11.6 Å². The molecule has 0 amide bonds. The maximum atomic E-state index is 12.9. The highest BCUT2D eigenvalue weighted by atomic mass is 35.5. The van der Waals surface area contributed by atoms with E-state index in [2.05, 4.69) is 4.99 Å². The first-order valence-corrected chi connectivity index (χ1v) is 8.69. The van der Waals surface area contributed by atoms with Crippen molar-refractivity contribution in [2.75, 3.05) is 0 Å². The van der Waals surface area contributed by atoms with E-state index in [0.29, 0.717) is 17.0 Å². The Kier molecular flexibility index (Phi) is 4.81. The van der Waals surface area contributed by atoms with Crippen LogP contribution in [-0.4, -0.2) is 27.7 Å². The minimum atomic E-state index is -2.72. The zero-order chi connectivity index (χ0) is 19.2.